The van der Waals surface area contributed by atoms with Crippen LogP contribution in [0.5, 0.6) is 0 Å². The van der Waals surface area contributed by atoms with Gasteiger partial charge < -0.3 is 5.32 Å². The molecule has 0 atom stereocenters. The normalized spacial score (nSPS) is 16.1. The lowest BCUT2D eigenvalue weighted by Gasteiger charge is -2.09. The van der Waals surface area contributed by atoms with Crippen LogP contribution in [0.3, 0.4) is 0 Å². The molecule has 0 spiro atoms. The standard InChI is InChI=1S/C14H23N3O/c1-11-13(10-16-17-11)7-4-8-15-14(18)9-12-5-2-3-6-12/h10,12H,2-9H2,1H3,(H,15,18)(H,16,17). The summed E-state index contributed by atoms with van der Waals surface area (Å²) in [5.74, 6) is 0.868. The Balaban J connectivity index is 1.57. The molecule has 1 heterocycles. The third-order valence-electron chi connectivity index (χ3n) is 3.83. The Labute approximate surface area is 109 Å². The van der Waals surface area contributed by atoms with Gasteiger partial charge in [-0.2, -0.15) is 5.10 Å². The second-order valence-corrected chi connectivity index (χ2v) is 5.33. The summed E-state index contributed by atoms with van der Waals surface area (Å²) in [5, 5.41) is 9.94. The maximum atomic E-state index is 11.7. The summed E-state index contributed by atoms with van der Waals surface area (Å²) in [6, 6.07) is 0. The molecule has 1 amide bonds. The van der Waals surface area contributed by atoms with Crippen LogP contribution in [0.2, 0.25) is 0 Å². The summed E-state index contributed by atoms with van der Waals surface area (Å²) in [5.41, 5.74) is 2.38. The van der Waals surface area contributed by atoms with E-state index in [0.717, 1.165) is 31.5 Å². The third kappa shape index (κ3) is 3.86. The minimum absolute atomic E-state index is 0.228. The maximum absolute atomic E-state index is 11.7. The molecule has 2 N–H and O–H groups in total. The zero-order chi connectivity index (χ0) is 12.8. The van der Waals surface area contributed by atoms with Crippen molar-refractivity contribution < 1.29 is 4.79 Å². The Kier molecular flexibility index (Phi) is 4.79. The molecule has 1 saturated carbocycles. The van der Waals surface area contributed by atoms with Gasteiger partial charge in [0.25, 0.3) is 0 Å². The molecule has 4 nitrogen and oxygen atoms in total. The molecule has 2 rings (SSSR count). The molecule has 0 aliphatic heterocycles. The maximum Gasteiger partial charge on any atom is 0.220 e. The average Bonchev–Trinajstić information content (AvgIpc) is 2.97. The zero-order valence-corrected chi connectivity index (χ0v) is 11.2. The largest absolute Gasteiger partial charge is 0.356 e. The number of carbonyl (C=O) groups is 1. The van der Waals surface area contributed by atoms with E-state index in [-0.39, 0.29) is 5.91 Å². The molecule has 0 radical (unpaired) electrons. The van der Waals surface area contributed by atoms with Crippen molar-refractivity contribution in [2.24, 2.45) is 5.92 Å². The van der Waals surface area contributed by atoms with Crippen molar-refractivity contribution in [1.29, 1.82) is 0 Å². The van der Waals surface area contributed by atoms with Crippen molar-refractivity contribution in [2.45, 2.75) is 51.9 Å². The summed E-state index contributed by atoms with van der Waals surface area (Å²) < 4.78 is 0. The van der Waals surface area contributed by atoms with Crippen LogP contribution in [0.1, 0.15) is 49.8 Å². The lowest BCUT2D eigenvalue weighted by Crippen LogP contribution is -2.26. The predicted octanol–water partition coefficient (Wildman–Crippen LogP) is 2.35. The van der Waals surface area contributed by atoms with Crippen molar-refractivity contribution in [3.8, 4) is 0 Å². The van der Waals surface area contributed by atoms with Crippen LogP contribution in [0.15, 0.2) is 6.20 Å². The topological polar surface area (TPSA) is 57.8 Å². The van der Waals surface area contributed by atoms with Crippen LogP contribution in [0.4, 0.5) is 0 Å². The Morgan fingerprint density at radius 3 is 2.94 bits per heavy atom. The molecule has 1 aliphatic carbocycles. The molecule has 1 aromatic heterocycles. The number of amides is 1. The highest BCUT2D eigenvalue weighted by atomic mass is 16.1. The number of nitrogens with one attached hydrogen (secondary N) is 2. The summed E-state index contributed by atoms with van der Waals surface area (Å²) in [6.45, 7) is 2.80. The Bertz CT molecular complexity index is 380. The van der Waals surface area contributed by atoms with Gasteiger partial charge in [-0.05, 0) is 44.1 Å². The van der Waals surface area contributed by atoms with Crippen LogP contribution in [0, 0.1) is 12.8 Å². The molecule has 0 bridgehead atoms. The Hall–Kier alpha value is -1.32. The van der Waals surface area contributed by atoms with Gasteiger partial charge in [-0.15, -0.1) is 0 Å². The van der Waals surface area contributed by atoms with E-state index in [4.69, 9.17) is 0 Å². The SMILES string of the molecule is Cc1[nH]ncc1CCCNC(=O)CC1CCCC1. The monoisotopic (exact) mass is 249 g/mol. The molecule has 1 aliphatic rings. The summed E-state index contributed by atoms with van der Waals surface area (Å²) in [6.07, 6.45) is 9.64. The van der Waals surface area contributed by atoms with Crippen LogP contribution in [-0.2, 0) is 11.2 Å². The number of carbonyl (C=O) groups excluding carboxylic acids is 1. The van der Waals surface area contributed by atoms with E-state index in [1.165, 1.54) is 31.2 Å². The fourth-order valence-electron chi connectivity index (χ4n) is 2.68. The number of nitrogens with zero attached hydrogens (tertiary/aromatic N) is 1. The minimum Gasteiger partial charge on any atom is -0.356 e. The van der Waals surface area contributed by atoms with Gasteiger partial charge in [0.2, 0.25) is 5.91 Å². The fraction of sp³-hybridized carbons (Fsp3) is 0.714. The minimum atomic E-state index is 0.228. The molecule has 18 heavy (non-hydrogen) atoms. The van der Waals surface area contributed by atoms with Gasteiger partial charge in [-0.3, -0.25) is 9.89 Å². The quantitative estimate of drug-likeness (QED) is 0.760. The lowest BCUT2D eigenvalue weighted by atomic mass is 10.0. The number of aryl methyl sites for hydroxylation is 2. The van der Waals surface area contributed by atoms with Gasteiger partial charge in [-0.1, -0.05) is 12.8 Å². The molecular formula is C14H23N3O. The van der Waals surface area contributed by atoms with Crippen LogP contribution in [-0.4, -0.2) is 22.6 Å². The van der Waals surface area contributed by atoms with Gasteiger partial charge in [0.05, 0.1) is 6.20 Å². The third-order valence-corrected chi connectivity index (χ3v) is 3.83. The highest BCUT2D eigenvalue weighted by Crippen LogP contribution is 2.27. The van der Waals surface area contributed by atoms with E-state index in [0.29, 0.717) is 5.92 Å². The molecular weight excluding hydrogens is 226 g/mol. The van der Waals surface area contributed by atoms with E-state index >= 15 is 0 Å². The summed E-state index contributed by atoms with van der Waals surface area (Å²) >= 11 is 0. The summed E-state index contributed by atoms with van der Waals surface area (Å²) in [7, 11) is 0. The van der Waals surface area contributed by atoms with E-state index in [1.807, 2.05) is 13.1 Å². The van der Waals surface area contributed by atoms with Crippen LogP contribution < -0.4 is 5.32 Å². The second-order valence-electron chi connectivity index (χ2n) is 5.33. The molecule has 0 unspecified atom stereocenters. The van der Waals surface area contributed by atoms with Gasteiger partial charge in [0, 0.05) is 18.7 Å². The number of H-pyrrole nitrogens is 1. The van der Waals surface area contributed by atoms with Crippen LogP contribution >= 0.6 is 0 Å². The first kappa shape index (κ1) is 13.1. The number of aromatic nitrogens is 2. The first-order valence-electron chi connectivity index (χ1n) is 7.01. The van der Waals surface area contributed by atoms with E-state index in [9.17, 15) is 4.79 Å². The van der Waals surface area contributed by atoms with Gasteiger partial charge >= 0.3 is 0 Å². The summed E-state index contributed by atoms with van der Waals surface area (Å²) in [4.78, 5) is 11.7. The van der Waals surface area contributed by atoms with Crippen molar-refractivity contribution in [3.63, 3.8) is 0 Å². The molecule has 4 heteroatoms. The van der Waals surface area contributed by atoms with E-state index < -0.39 is 0 Å². The van der Waals surface area contributed by atoms with E-state index in [1.54, 1.807) is 0 Å². The van der Waals surface area contributed by atoms with Crippen molar-refractivity contribution in [1.82, 2.24) is 15.5 Å². The first-order chi connectivity index (χ1) is 8.75. The number of hydrogen-bond donors (Lipinski definition) is 2. The molecule has 0 saturated heterocycles. The molecule has 1 aromatic rings. The van der Waals surface area contributed by atoms with Crippen molar-refractivity contribution in [2.75, 3.05) is 6.54 Å². The highest BCUT2D eigenvalue weighted by Gasteiger charge is 2.17. The smallest absolute Gasteiger partial charge is 0.220 e. The average molecular weight is 249 g/mol. The van der Waals surface area contributed by atoms with Crippen molar-refractivity contribution in [3.05, 3.63) is 17.5 Å². The zero-order valence-electron chi connectivity index (χ0n) is 11.2. The van der Waals surface area contributed by atoms with E-state index in [2.05, 4.69) is 15.5 Å². The molecule has 0 aromatic carbocycles. The lowest BCUT2D eigenvalue weighted by molar-refractivity contribution is -0.121. The second kappa shape index (κ2) is 6.57. The number of aromatic amines is 1. The number of hydrogen-bond acceptors (Lipinski definition) is 2. The highest BCUT2D eigenvalue weighted by molar-refractivity contribution is 5.76. The molecule has 1 fully saturated rings. The first-order valence-corrected chi connectivity index (χ1v) is 7.01. The Morgan fingerprint density at radius 2 is 2.28 bits per heavy atom. The Morgan fingerprint density at radius 1 is 1.50 bits per heavy atom. The van der Waals surface area contributed by atoms with Gasteiger partial charge in [0.1, 0.15) is 0 Å². The number of rotatable bonds is 6. The fourth-order valence-corrected chi connectivity index (χ4v) is 2.68. The van der Waals surface area contributed by atoms with Crippen molar-refractivity contribution >= 4 is 5.91 Å². The molecule has 100 valence electrons. The van der Waals surface area contributed by atoms with Gasteiger partial charge in [-0.25, -0.2) is 0 Å². The van der Waals surface area contributed by atoms with Crippen LogP contribution in [0.25, 0.3) is 0 Å². The van der Waals surface area contributed by atoms with Gasteiger partial charge in [0.15, 0.2) is 0 Å². The predicted molar refractivity (Wildman–Crippen MR) is 71.2 cm³/mol.